The highest BCUT2D eigenvalue weighted by molar-refractivity contribution is 4.71. The molecular weight excluding hydrogens is 264 g/mol. The highest BCUT2D eigenvalue weighted by Gasteiger charge is 2.16. The molecule has 4 nitrogen and oxygen atoms in total. The smallest absolute Gasteiger partial charge is 0.0593 e. The van der Waals surface area contributed by atoms with E-state index in [0.29, 0.717) is 5.92 Å². The first-order chi connectivity index (χ1) is 10.1. The third-order valence-electron chi connectivity index (χ3n) is 3.86. The van der Waals surface area contributed by atoms with Crippen molar-refractivity contribution in [3.63, 3.8) is 0 Å². The average Bonchev–Trinajstić information content (AvgIpc) is 2.44. The van der Waals surface area contributed by atoms with Crippen LogP contribution in [0.2, 0.25) is 0 Å². The van der Waals surface area contributed by atoms with E-state index in [0.717, 1.165) is 71.6 Å². The van der Waals surface area contributed by atoms with Gasteiger partial charge >= 0.3 is 0 Å². The lowest BCUT2D eigenvalue weighted by atomic mass is 10.1. The topological polar surface area (TPSA) is 24.9 Å². The third-order valence-corrected chi connectivity index (χ3v) is 3.86. The molecule has 1 heterocycles. The van der Waals surface area contributed by atoms with Gasteiger partial charge < -0.3 is 9.47 Å². The Morgan fingerprint density at radius 1 is 0.714 bits per heavy atom. The minimum atomic E-state index is 0.637. The fourth-order valence-corrected chi connectivity index (χ4v) is 2.36. The zero-order valence-electron chi connectivity index (χ0n) is 14.6. The van der Waals surface area contributed by atoms with E-state index in [1.54, 1.807) is 0 Å². The van der Waals surface area contributed by atoms with Crippen molar-refractivity contribution in [3.05, 3.63) is 0 Å². The van der Waals surface area contributed by atoms with Crippen LogP contribution < -0.4 is 0 Å². The molecule has 0 radical (unpaired) electrons. The molecular formula is C17H36N2O2. The van der Waals surface area contributed by atoms with Crippen molar-refractivity contribution in [3.8, 4) is 0 Å². The van der Waals surface area contributed by atoms with Crippen LogP contribution in [0.1, 0.15) is 34.1 Å². The molecule has 0 unspecified atom stereocenters. The molecule has 0 aromatic rings. The van der Waals surface area contributed by atoms with Gasteiger partial charge in [-0.25, -0.2) is 0 Å². The van der Waals surface area contributed by atoms with Crippen LogP contribution >= 0.6 is 0 Å². The predicted octanol–water partition coefficient (Wildman–Crippen LogP) is 2.34. The molecule has 0 amide bonds. The fraction of sp³-hybridized carbons (Fsp3) is 1.00. The van der Waals surface area contributed by atoms with Gasteiger partial charge in [0.1, 0.15) is 0 Å². The predicted molar refractivity (Wildman–Crippen MR) is 88.8 cm³/mol. The van der Waals surface area contributed by atoms with Crippen LogP contribution in [0.25, 0.3) is 0 Å². The molecule has 0 spiro atoms. The minimum Gasteiger partial charge on any atom is -0.380 e. The molecule has 0 bridgehead atoms. The van der Waals surface area contributed by atoms with Crippen molar-refractivity contribution in [1.29, 1.82) is 0 Å². The van der Waals surface area contributed by atoms with Gasteiger partial charge in [0, 0.05) is 52.5 Å². The average molecular weight is 300 g/mol. The number of ether oxygens (including phenoxy) is 2. The first kappa shape index (κ1) is 18.9. The summed E-state index contributed by atoms with van der Waals surface area (Å²) in [6.45, 7) is 19.2. The van der Waals surface area contributed by atoms with Gasteiger partial charge in [0.05, 0.1) is 13.2 Å². The number of rotatable bonds is 11. The Balaban J connectivity index is 1.94. The van der Waals surface area contributed by atoms with E-state index >= 15 is 0 Å². The second-order valence-corrected chi connectivity index (χ2v) is 6.95. The van der Waals surface area contributed by atoms with Gasteiger partial charge in [0.2, 0.25) is 0 Å². The van der Waals surface area contributed by atoms with Crippen molar-refractivity contribution < 1.29 is 9.47 Å². The number of hydrogen-bond donors (Lipinski definition) is 0. The molecule has 1 aliphatic rings. The van der Waals surface area contributed by atoms with E-state index in [1.807, 2.05) is 0 Å². The molecule has 0 saturated carbocycles. The molecule has 126 valence electrons. The monoisotopic (exact) mass is 300 g/mol. The summed E-state index contributed by atoms with van der Waals surface area (Å²) >= 11 is 0. The Hall–Kier alpha value is -0.160. The Labute approximate surface area is 131 Å². The molecule has 0 atom stereocenters. The molecule has 0 N–H and O–H groups in total. The van der Waals surface area contributed by atoms with E-state index in [4.69, 9.17) is 9.47 Å². The minimum absolute atomic E-state index is 0.637. The van der Waals surface area contributed by atoms with E-state index in [-0.39, 0.29) is 0 Å². The largest absolute Gasteiger partial charge is 0.380 e. The molecule has 4 heteroatoms. The van der Waals surface area contributed by atoms with Crippen LogP contribution in [0.4, 0.5) is 0 Å². The number of nitrogens with zero attached hydrogens (tertiary/aromatic N) is 2. The van der Waals surface area contributed by atoms with Crippen LogP contribution in [-0.4, -0.2) is 75.5 Å². The number of piperazine rings is 1. The normalized spacial score (nSPS) is 18.0. The standard InChI is InChI=1S/C17H36N2O2/c1-16(2)5-12-20-13-10-18-6-8-19(9-7-18)11-14-21-15-17(3)4/h16-17H,5-15H2,1-4H3. The summed E-state index contributed by atoms with van der Waals surface area (Å²) in [6.07, 6.45) is 1.17. The lowest BCUT2D eigenvalue weighted by Gasteiger charge is -2.34. The third kappa shape index (κ3) is 10.2. The van der Waals surface area contributed by atoms with Crippen LogP contribution in [0, 0.1) is 11.8 Å². The van der Waals surface area contributed by atoms with E-state index in [9.17, 15) is 0 Å². The first-order valence-electron chi connectivity index (χ1n) is 8.68. The maximum atomic E-state index is 5.70. The Kier molecular flexibility index (Phi) is 10.3. The quantitative estimate of drug-likeness (QED) is 0.547. The van der Waals surface area contributed by atoms with E-state index in [2.05, 4.69) is 37.5 Å². The summed E-state index contributed by atoms with van der Waals surface area (Å²) in [5, 5.41) is 0. The first-order valence-corrected chi connectivity index (χ1v) is 8.68. The molecule has 0 aromatic heterocycles. The lowest BCUT2D eigenvalue weighted by Crippen LogP contribution is -2.48. The summed E-state index contributed by atoms with van der Waals surface area (Å²) in [5.74, 6) is 1.38. The van der Waals surface area contributed by atoms with Gasteiger partial charge in [-0.1, -0.05) is 27.7 Å². The summed E-state index contributed by atoms with van der Waals surface area (Å²) in [6, 6.07) is 0. The molecule has 1 fully saturated rings. The zero-order valence-corrected chi connectivity index (χ0v) is 14.6. The Bertz CT molecular complexity index is 239. The van der Waals surface area contributed by atoms with Crippen molar-refractivity contribution >= 4 is 0 Å². The highest BCUT2D eigenvalue weighted by Crippen LogP contribution is 2.03. The Morgan fingerprint density at radius 3 is 1.71 bits per heavy atom. The van der Waals surface area contributed by atoms with E-state index in [1.165, 1.54) is 6.42 Å². The van der Waals surface area contributed by atoms with Crippen molar-refractivity contribution in [2.45, 2.75) is 34.1 Å². The van der Waals surface area contributed by atoms with Gasteiger partial charge in [-0.05, 0) is 18.3 Å². The van der Waals surface area contributed by atoms with Crippen LogP contribution in [0.5, 0.6) is 0 Å². The van der Waals surface area contributed by atoms with E-state index < -0.39 is 0 Å². The molecule has 0 aliphatic carbocycles. The SMILES string of the molecule is CC(C)CCOCCN1CCN(CCOCC(C)C)CC1. The number of hydrogen-bond acceptors (Lipinski definition) is 4. The lowest BCUT2D eigenvalue weighted by molar-refractivity contribution is 0.0496. The van der Waals surface area contributed by atoms with Gasteiger partial charge in [-0.2, -0.15) is 0 Å². The molecule has 1 aliphatic heterocycles. The van der Waals surface area contributed by atoms with Crippen LogP contribution in [0.3, 0.4) is 0 Å². The molecule has 21 heavy (non-hydrogen) atoms. The van der Waals surface area contributed by atoms with Gasteiger partial charge in [0.15, 0.2) is 0 Å². The molecule has 1 rings (SSSR count). The molecule has 1 saturated heterocycles. The second kappa shape index (κ2) is 11.4. The van der Waals surface area contributed by atoms with Gasteiger partial charge in [-0.3, -0.25) is 9.80 Å². The molecule has 0 aromatic carbocycles. The van der Waals surface area contributed by atoms with Gasteiger partial charge in [-0.15, -0.1) is 0 Å². The summed E-state index contributed by atoms with van der Waals surface area (Å²) < 4.78 is 11.4. The highest BCUT2D eigenvalue weighted by atomic mass is 16.5. The fourth-order valence-electron chi connectivity index (χ4n) is 2.36. The Morgan fingerprint density at radius 2 is 1.24 bits per heavy atom. The van der Waals surface area contributed by atoms with Crippen molar-refractivity contribution in [1.82, 2.24) is 9.80 Å². The van der Waals surface area contributed by atoms with Crippen molar-refractivity contribution in [2.75, 3.05) is 65.7 Å². The zero-order chi connectivity index (χ0) is 15.5. The van der Waals surface area contributed by atoms with Crippen LogP contribution in [-0.2, 0) is 9.47 Å². The maximum absolute atomic E-state index is 5.70. The van der Waals surface area contributed by atoms with Crippen LogP contribution in [0.15, 0.2) is 0 Å². The summed E-state index contributed by atoms with van der Waals surface area (Å²) in [7, 11) is 0. The van der Waals surface area contributed by atoms with Gasteiger partial charge in [0.25, 0.3) is 0 Å². The second-order valence-electron chi connectivity index (χ2n) is 6.95. The van der Waals surface area contributed by atoms with Crippen molar-refractivity contribution in [2.24, 2.45) is 11.8 Å². The summed E-state index contributed by atoms with van der Waals surface area (Å²) in [4.78, 5) is 5.03. The summed E-state index contributed by atoms with van der Waals surface area (Å²) in [5.41, 5.74) is 0. The maximum Gasteiger partial charge on any atom is 0.0593 e.